The van der Waals surface area contributed by atoms with Crippen molar-refractivity contribution in [1.29, 1.82) is 0 Å². The summed E-state index contributed by atoms with van der Waals surface area (Å²) in [6.45, 7) is 3.30. The molecule has 0 bridgehead atoms. The third-order valence-electron chi connectivity index (χ3n) is 4.56. The first-order valence-electron chi connectivity index (χ1n) is 8.52. The van der Waals surface area contributed by atoms with E-state index in [1.807, 2.05) is 24.3 Å². The number of hydrogen-bond acceptors (Lipinski definition) is 6. The molecule has 7 nitrogen and oxygen atoms in total. The summed E-state index contributed by atoms with van der Waals surface area (Å²) in [6, 6.07) is 7.56. The monoisotopic (exact) mass is 345 g/mol. The first-order valence-corrected chi connectivity index (χ1v) is 8.52. The van der Waals surface area contributed by atoms with Crippen LogP contribution in [0.3, 0.4) is 0 Å². The second-order valence-electron chi connectivity index (χ2n) is 6.17. The van der Waals surface area contributed by atoms with Crippen LogP contribution in [0.4, 0.5) is 0 Å². The molecule has 1 aliphatic rings. The van der Waals surface area contributed by atoms with Gasteiger partial charge in [-0.2, -0.15) is 0 Å². The number of fused-ring (bicyclic) bond motifs is 1. The zero-order valence-corrected chi connectivity index (χ0v) is 14.5. The number of para-hydroxylation sites is 2. The van der Waals surface area contributed by atoms with Gasteiger partial charge in [-0.3, -0.25) is 9.36 Å². The molecule has 2 aromatic rings. The maximum atomic E-state index is 13.0. The molecule has 1 aromatic carbocycles. The smallest absolute Gasteiger partial charge is 0.331 e. The normalized spacial score (nSPS) is 16.7. The Kier molecular flexibility index (Phi) is 5.45. The fourth-order valence-corrected chi connectivity index (χ4v) is 3.18. The standard InChI is InChI=1S/C18H23N3O4/c1-12(25-11-16(22)24-2)21-15-6-4-3-5-14(15)20-18(21)17(23)13-7-9-19-10-8-13/h3-6,12-13,19H,7-11H2,1-2H3. The summed E-state index contributed by atoms with van der Waals surface area (Å²) in [4.78, 5) is 29.0. The molecule has 0 radical (unpaired) electrons. The van der Waals surface area contributed by atoms with Gasteiger partial charge in [0.1, 0.15) is 12.8 Å². The van der Waals surface area contributed by atoms with E-state index in [1.165, 1.54) is 7.11 Å². The number of ether oxygens (including phenoxy) is 2. The van der Waals surface area contributed by atoms with Gasteiger partial charge in [0.25, 0.3) is 0 Å². The summed E-state index contributed by atoms with van der Waals surface area (Å²) in [7, 11) is 1.31. The maximum absolute atomic E-state index is 13.0. The highest BCUT2D eigenvalue weighted by molar-refractivity contribution is 5.98. The van der Waals surface area contributed by atoms with Crippen LogP contribution in [0, 0.1) is 5.92 Å². The van der Waals surface area contributed by atoms with E-state index in [1.54, 1.807) is 11.5 Å². The van der Waals surface area contributed by atoms with Gasteiger partial charge in [0, 0.05) is 5.92 Å². The largest absolute Gasteiger partial charge is 0.467 e. The van der Waals surface area contributed by atoms with Gasteiger partial charge in [-0.05, 0) is 45.0 Å². The van der Waals surface area contributed by atoms with Crippen molar-refractivity contribution in [2.45, 2.75) is 26.0 Å². The number of nitrogens with one attached hydrogen (secondary N) is 1. The average molecular weight is 345 g/mol. The number of benzene rings is 1. The third-order valence-corrected chi connectivity index (χ3v) is 4.56. The second kappa shape index (κ2) is 7.76. The Morgan fingerprint density at radius 1 is 1.32 bits per heavy atom. The fourth-order valence-electron chi connectivity index (χ4n) is 3.18. The molecule has 1 aromatic heterocycles. The zero-order chi connectivity index (χ0) is 17.8. The molecule has 25 heavy (non-hydrogen) atoms. The molecule has 0 spiro atoms. The van der Waals surface area contributed by atoms with Gasteiger partial charge in [0.2, 0.25) is 5.78 Å². The topological polar surface area (TPSA) is 82.5 Å². The van der Waals surface area contributed by atoms with Gasteiger partial charge >= 0.3 is 5.97 Å². The Hall–Kier alpha value is -2.25. The number of carbonyl (C=O) groups excluding carboxylic acids is 2. The van der Waals surface area contributed by atoms with E-state index in [4.69, 9.17) is 4.74 Å². The Labute approximate surface area is 146 Å². The van der Waals surface area contributed by atoms with Gasteiger partial charge in [0.05, 0.1) is 18.1 Å². The minimum atomic E-state index is -0.507. The lowest BCUT2D eigenvalue weighted by Gasteiger charge is -2.23. The van der Waals surface area contributed by atoms with Gasteiger partial charge in [0.15, 0.2) is 5.82 Å². The molecule has 1 fully saturated rings. The molecule has 2 heterocycles. The summed E-state index contributed by atoms with van der Waals surface area (Å²) in [5.41, 5.74) is 1.56. The van der Waals surface area contributed by atoms with Crippen molar-refractivity contribution in [3.05, 3.63) is 30.1 Å². The van der Waals surface area contributed by atoms with Crippen molar-refractivity contribution in [2.24, 2.45) is 5.92 Å². The Morgan fingerprint density at radius 3 is 2.76 bits per heavy atom. The van der Waals surface area contributed by atoms with E-state index in [2.05, 4.69) is 15.0 Å². The number of nitrogens with zero attached hydrogens (tertiary/aromatic N) is 2. The summed E-state index contributed by atoms with van der Waals surface area (Å²) >= 11 is 0. The number of aromatic nitrogens is 2. The number of methoxy groups -OCH3 is 1. The highest BCUT2D eigenvalue weighted by Crippen LogP contribution is 2.26. The van der Waals surface area contributed by atoms with E-state index < -0.39 is 12.2 Å². The van der Waals surface area contributed by atoms with Crippen LogP contribution in [-0.2, 0) is 14.3 Å². The van der Waals surface area contributed by atoms with Gasteiger partial charge in [-0.1, -0.05) is 12.1 Å². The summed E-state index contributed by atoms with van der Waals surface area (Å²) < 4.78 is 12.0. The summed E-state index contributed by atoms with van der Waals surface area (Å²) in [5, 5.41) is 3.27. The highest BCUT2D eigenvalue weighted by Gasteiger charge is 2.28. The van der Waals surface area contributed by atoms with Crippen LogP contribution in [-0.4, -0.2) is 48.1 Å². The number of esters is 1. The van der Waals surface area contributed by atoms with Crippen LogP contribution in [0.5, 0.6) is 0 Å². The predicted molar refractivity (Wildman–Crippen MR) is 92.3 cm³/mol. The van der Waals surface area contributed by atoms with Gasteiger partial charge < -0.3 is 14.8 Å². The van der Waals surface area contributed by atoms with Gasteiger partial charge in [-0.15, -0.1) is 0 Å². The molecule has 1 atom stereocenters. The Morgan fingerprint density at radius 2 is 2.04 bits per heavy atom. The highest BCUT2D eigenvalue weighted by atomic mass is 16.6. The predicted octanol–water partition coefficient (Wildman–Crippen LogP) is 1.93. The molecule has 0 amide bonds. The van der Waals surface area contributed by atoms with E-state index >= 15 is 0 Å². The van der Waals surface area contributed by atoms with E-state index in [-0.39, 0.29) is 18.3 Å². The molecule has 0 saturated carbocycles. The molecule has 7 heteroatoms. The van der Waals surface area contributed by atoms with Crippen LogP contribution in [0.25, 0.3) is 11.0 Å². The lowest BCUT2D eigenvalue weighted by Crippen LogP contribution is -2.33. The zero-order valence-electron chi connectivity index (χ0n) is 14.5. The third kappa shape index (κ3) is 3.72. The van der Waals surface area contributed by atoms with Crippen molar-refractivity contribution in [3.8, 4) is 0 Å². The molecule has 0 aliphatic carbocycles. The van der Waals surface area contributed by atoms with Crippen molar-refractivity contribution >= 4 is 22.8 Å². The second-order valence-corrected chi connectivity index (χ2v) is 6.17. The first-order chi connectivity index (χ1) is 12.1. The number of carbonyl (C=O) groups is 2. The molecule has 1 aliphatic heterocycles. The number of imidazole rings is 1. The van der Waals surface area contributed by atoms with Crippen LogP contribution in [0.1, 0.15) is 36.6 Å². The van der Waals surface area contributed by atoms with Crippen molar-refractivity contribution < 1.29 is 19.1 Å². The molecular formula is C18H23N3O4. The van der Waals surface area contributed by atoms with Crippen LogP contribution in [0.2, 0.25) is 0 Å². The number of Topliss-reactive ketones (excluding diaryl/α,β-unsaturated/α-hetero) is 1. The van der Waals surface area contributed by atoms with Gasteiger partial charge in [-0.25, -0.2) is 9.78 Å². The minimum Gasteiger partial charge on any atom is -0.467 e. The first kappa shape index (κ1) is 17.6. The molecular weight excluding hydrogens is 322 g/mol. The number of rotatable bonds is 6. The molecule has 1 unspecified atom stereocenters. The number of piperidine rings is 1. The van der Waals surface area contributed by atoms with Crippen molar-refractivity contribution in [1.82, 2.24) is 14.9 Å². The molecule has 3 rings (SSSR count). The SMILES string of the molecule is COC(=O)COC(C)n1c(C(=O)C2CCNCC2)nc2ccccc21. The van der Waals surface area contributed by atoms with E-state index in [0.29, 0.717) is 5.82 Å². The van der Waals surface area contributed by atoms with Crippen LogP contribution < -0.4 is 5.32 Å². The van der Waals surface area contributed by atoms with E-state index in [0.717, 1.165) is 37.0 Å². The lowest BCUT2D eigenvalue weighted by atomic mass is 9.93. The lowest BCUT2D eigenvalue weighted by molar-refractivity contribution is -0.149. The quantitative estimate of drug-likeness (QED) is 0.636. The number of ketones is 1. The number of hydrogen-bond donors (Lipinski definition) is 1. The Bertz CT molecular complexity index is 765. The van der Waals surface area contributed by atoms with Crippen LogP contribution >= 0.6 is 0 Å². The average Bonchev–Trinajstić information content (AvgIpc) is 3.05. The maximum Gasteiger partial charge on any atom is 0.331 e. The van der Waals surface area contributed by atoms with Crippen molar-refractivity contribution in [3.63, 3.8) is 0 Å². The molecule has 134 valence electrons. The Balaban J connectivity index is 1.93. The van der Waals surface area contributed by atoms with Crippen LogP contribution in [0.15, 0.2) is 24.3 Å². The van der Waals surface area contributed by atoms with E-state index in [9.17, 15) is 9.59 Å². The summed E-state index contributed by atoms with van der Waals surface area (Å²) in [6.07, 6.45) is 1.10. The molecule has 1 N–H and O–H groups in total. The minimum absolute atomic E-state index is 0.0335. The summed E-state index contributed by atoms with van der Waals surface area (Å²) in [5.74, 6) is -0.0659. The molecule has 1 saturated heterocycles. The van der Waals surface area contributed by atoms with Crippen molar-refractivity contribution in [2.75, 3.05) is 26.8 Å². The fraction of sp³-hybridized carbons (Fsp3) is 0.500.